The van der Waals surface area contributed by atoms with Crippen LogP contribution in [0.25, 0.3) is 11.0 Å². The first-order chi connectivity index (χ1) is 11.5. The third-order valence-corrected chi connectivity index (χ3v) is 4.20. The molecule has 0 aliphatic carbocycles. The van der Waals surface area contributed by atoms with Gasteiger partial charge in [0.05, 0.1) is 21.2 Å². The second kappa shape index (κ2) is 6.84. The Bertz CT molecular complexity index is 902. The molecule has 3 aromatic rings. The first-order valence-corrected chi connectivity index (χ1v) is 8.17. The van der Waals surface area contributed by atoms with Gasteiger partial charge in [0.25, 0.3) is 5.91 Å². The molecule has 0 bridgehead atoms. The lowest BCUT2D eigenvalue weighted by Gasteiger charge is -2.12. The predicted molar refractivity (Wildman–Crippen MR) is 95.8 cm³/mol. The van der Waals surface area contributed by atoms with Gasteiger partial charge in [0.2, 0.25) is 0 Å². The summed E-state index contributed by atoms with van der Waals surface area (Å²) in [5, 5.41) is 9.06. The molecule has 2 N–H and O–H groups in total. The van der Waals surface area contributed by atoms with E-state index in [9.17, 15) is 4.79 Å². The number of carbonyl (C=O) groups excluding carboxylic acids is 1. The number of rotatable bonds is 4. The second-order valence-corrected chi connectivity index (χ2v) is 6.18. The molecule has 0 aliphatic rings. The Kier molecular flexibility index (Phi) is 4.80. The Labute approximate surface area is 152 Å². The van der Waals surface area contributed by atoms with Crippen LogP contribution in [0.2, 0.25) is 15.1 Å². The number of hydrazine groups is 1. The summed E-state index contributed by atoms with van der Waals surface area (Å²) in [4.78, 5) is 12.3. The summed E-state index contributed by atoms with van der Waals surface area (Å²) < 4.78 is 1.75. The van der Waals surface area contributed by atoms with E-state index in [-0.39, 0.29) is 5.91 Å². The molecule has 0 fully saturated rings. The second-order valence-electron chi connectivity index (χ2n) is 4.93. The summed E-state index contributed by atoms with van der Waals surface area (Å²) in [6, 6.07) is 8.21. The van der Waals surface area contributed by atoms with E-state index in [1.54, 1.807) is 22.9 Å². The van der Waals surface area contributed by atoms with Crippen molar-refractivity contribution in [1.82, 2.24) is 20.4 Å². The van der Waals surface area contributed by atoms with E-state index >= 15 is 0 Å². The quantitative estimate of drug-likeness (QED) is 0.662. The van der Waals surface area contributed by atoms with Gasteiger partial charge < -0.3 is 0 Å². The number of hydrogen-bond donors (Lipinski definition) is 2. The zero-order valence-electron chi connectivity index (χ0n) is 12.5. The molecule has 0 atom stereocenters. The number of nitrogens with one attached hydrogen (secondary N) is 2. The maximum absolute atomic E-state index is 12.3. The number of aryl methyl sites for hydroxylation is 1. The van der Waals surface area contributed by atoms with Gasteiger partial charge in [-0.15, -0.1) is 5.10 Å². The van der Waals surface area contributed by atoms with Crippen LogP contribution >= 0.6 is 34.8 Å². The Morgan fingerprint density at radius 3 is 2.54 bits per heavy atom. The van der Waals surface area contributed by atoms with Gasteiger partial charge in [-0.2, -0.15) is 0 Å². The zero-order chi connectivity index (χ0) is 17.3. The number of carbonyl (C=O) groups is 1. The largest absolute Gasteiger partial charge is 0.295 e. The van der Waals surface area contributed by atoms with Crippen LogP contribution in [0, 0.1) is 0 Å². The van der Waals surface area contributed by atoms with Crippen LogP contribution in [-0.4, -0.2) is 20.9 Å². The summed E-state index contributed by atoms with van der Waals surface area (Å²) in [6.45, 7) is 2.68. The van der Waals surface area contributed by atoms with Crippen molar-refractivity contribution in [3.8, 4) is 0 Å². The standard InChI is InChI=1S/C15H12Cl3N5O/c1-2-23-13-4-3-8(5-12(13)19-22-23)15(24)21-20-14-10(17)6-9(16)7-11(14)18/h3-7,20H,2H2,1H3,(H,21,24). The minimum atomic E-state index is -0.356. The molecule has 3 rings (SSSR count). The van der Waals surface area contributed by atoms with Crippen LogP contribution in [0.4, 0.5) is 5.69 Å². The maximum atomic E-state index is 12.3. The normalized spacial score (nSPS) is 10.8. The van der Waals surface area contributed by atoms with Gasteiger partial charge in [-0.25, -0.2) is 4.68 Å². The molecule has 2 aromatic carbocycles. The summed E-state index contributed by atoms with van der Waals surface area (Å²) in [6.07, 6.45) is 0. The highest BCUT2D eigenvalue weighted by molar-refractivity contribution is 6.41. The molecule has 24 heavy (non-hydrogen) atoms. The van der Waals surface area contributed by atoms with Crippen molar-refractivity contribution >= 4 is 57.4 Å². The highest BCUT2D eigenvalue weighted by atomic mass is 35.5. The molecule has 1 heterocycles. The van der Waals surface area contributed by atoms with Crippen LogP contribution in [0.1, 0.15) is 17.3 Å². The Balaban J connectivity index is 1.78. The molecule has 0 aliphatic heterocycles. The van der Waals surface area contributed by atoms with Crippen molar-refractivity contribution in [3.63, 3.8) is 0 Å². The minimum absolute atomic E-state index is 0.300. The van der Waals surface area contributed by atoms with Gasteiger partial charge >= 0.3 is 0 Å². The molecule has 0 spiro atoms. The smallest absolute Gasteiger partial charge is 0.269 e. The SMILES string of the molecule is CCn1nnc2cc(C(=O)NNc3c(Cl)cc(Cl)cc3Cl)ccc21. The lowest BCUT2D eigenvalue weighted by molar-refractivity contribution is 0.0963. The van der Waals surface area contributed by atoms with Crippen LogP contribution in [0.15, 0.2) is 30.3 Å². The number of hydrogen-bond acceptors (Lipinski definition) is 4. The van der Waals surface area contributed by atoms with Crippen molar-refractivity contribution in [2.24, 2.45) is 0 Å². The highest BCUT2D eigenvalue weighted by Crippen LogP contribution is 2.33. The van der Waals surface area contributed by atoms with Gasteiger partial charge in [0, 0.05) is 17.1 Å². The van der Waals surface area contributed by atoms with E-state index in [2.05, 4.69) is 21.2 Å². The summed E-state index contributed by atoms with van der Waals surface area (Å²) >= 11 is 18.0. The van der Waals surface area contributed by atoms with Crippen LogP contribution in [-0.2, 0) is 6.54 Å². The molecule has 0 saturated carbocycles. The molecule has 124 valence electrons. The predicted octanol–water partition coefficient (Wildman–Crippen LogP) is 4.17. The number of aromatic nitrogens is 3. The molecule has 1 amide bonds. The average Bonchev–Trinajstić information content (AvgIpc) is 2.95. The van der Waals surface area contributed by atoms with Crippen molar-refractivity contribution in [3.05, 3.63) is 51.0 Å². The number of fused-ring (bicyclic) bond motifs is 1. The summed E-state index contributed by atoms with van der Waals surface area (Å²) in [7, 11) is 0. The number of benzene rings is 2. The van der Waals surface area contributed by atoms with Crippen LogP contribution in [0.5, 0.6) is 0 Å². The molecule has 6 nitrogen and oxygen atoms in total. The Hall–Kier alpha value is -2.02. The van der Waals surface area contributed by atoms with Gasteiger partial charge in [-0.05, 0) is 37.3 Å². The van der Waals surface area contributed by atoms with Crippen molar-refractivity contribution in [2.75, 3.05) is 5.43 Å². The van der Waals surface area contributed by atoms with Crippen molar-refractivity contribution in [1.29, 1.82) is 0 Å². The fraction of sp³-hybridized carbons (Fsp3) is 0.133. The first-order valence-electron chi connectivity index (χ1n) is 7.03. The molecular weight excluding hydrogens is 373 g/mol. The third-order valence-electron chi connectivity index (χ3n) is 3.38. The molecule has 0 saturated heterocycles. The maximum Gasteiger partial charge on any atom is 0.269 e. The van der Waals surface area contributed by atoms with Gasteiger partial charge in [0.1, 0.15) is 5.52 Å². The number of anilines is 1. The topological polar surface area (TPSA) is 71.8 Å². The van der Waals surface area contributed by atoms with Gasteiger partial charge in [-0.3, -0.25) is 15.6 Å². The molecule has 0 unspecified atom stereocenters. The monoisotopic (exact) mass is 383 g/mol. The fourth-order valence-corrected chi connectivity index (χ4v) is 3.11. The third kappa shape index (κ3) is 3.26. The Morgan fingerprint density at radius 1 is 1.17 bits per heavy atom. The first kappa shape index (κ1) is 16.8. The van der Waals surface area contributed by atoms with E-state index < -0.39 is 0 Å². The van der Waals surface area contributed by atoms with Crippen molar-refractivity contribution in [2.45, 2.75) is 13.5 Å². The van der Waals surface area contributed by atoms with E-state index in [4.69, 9.17) is 34.8 Å². The molecule has 1 aromatic heterocycles. The number of halogens is 3. The Morgan fingerprint density at radius 2 is 1.88 bits per heavy atom. The van der Waals surface area contributed by atoms with E-state index in [1.165, 1.54) is 12.1 Å². The number of amides is 1. The average molecular weight is 385 g/mol. The number of nitrogens with zero attached hydrogens (tertiary/aromatic N) is 3. The highest BCUT2D eigenvalue weighted by Gasteiger charge is 2.12. The lowest BCUT2D eigenvalue weighted by Crippen LogP contribution is -2.29. The van der Waals surface area contributed by atoms with Crippen LogP contribution < -0.4 is 10.9 Å². The van der Waals surface area contributed by atoms with Crippen LogP contribution in [0.3, 0.4) is 0 Å². The van der Waals surface area contributed by atoms with E-state index in [1.807, 2.05) is 6.92 Å². The molecular formula is C15H12Cl3N5O. The lowest BCUT2D eigenvalue weighted by atomic mass is 10.2. The van der Waals surface area contributed by atoms with E-state index in [0.29, 0.717) is 38.4 Å². The summed E-state index contributed by atoms with van der Waals surface area (Å²) in [5.74, 6) is -0.356. The minimum Gasteiger partial charge on any atom is -0.295 e. The molecule has 0 radical (unpaired) electrons. The summed E-state index contributed by atoms with van der Waals surface area (Å²) in [5.41, 5.74) is 7.57. The zero-order valence-corrected chi connectivity index (χ0v) is 14.7. The van der Waals surface area contributed by atoms with Gasteiger partial charge in [0.15, 0.2) is 0 Å². The van der Waals surface area contributed by atoms with E-state index in [0.717, 1.165) is 5.52 Å². The van der Waals surface area contributed by atoms with Crippen molar-refractivity contribution < 1.29 is 4.79 Å². The van der Waals surface area contributed by atoms with Gasteiger partial charge in [-0.1, -0.05) is 40.0 Å². The fourth-order valence-electron chi connectivity index (χ4n) is 2.20. The molecule has 9 heteroatoms.